The largest absolute Gasteiger partial charge is 0.388 e. The van der Waals surface area contributed by atoms with Crippen molar-refractivity contribution in [2.24, 2.45) is 0 Å². The highest BCUT2D eigenvalue weighted by Crippen LogP contribution is 2.22. The fourth-order valence-corrected chi connectivity index (χ4v) is 1.83. The quantitative estimate of drug-likeness (QED) is 0.898. The van der Waals surface area contributed by atoms with Crippen molar-refractivity contribution in [1.29, 1.82) is 0 Å². The van der Waals surface area contributed by atoms with Crippen LogP contribution in [0.5, 0.6) is 0 Å². The number of rotatable bonds is 3. The van der Waals surface area contributed by atoms with Gasteiger partial charge in [0.1, 0.15) is 17.5 Å². The Kier molecular flexibility index (Phi) is 3.90. The van der Waals surface area contributed by atoms with Crippen molar-refractivity contribution in [2.45, 2.75) is 19.4 Å². The lowest BCUT2D eigenvalue weighted by Gasteiger charge is -2.12. The molecule has 0 radical (unpaired) electrons. The monoisotopic (exact) mass is 266 g/mol. The second kappa shape index (κ2) is 5.45. The molecule has 2 rings (SSSR count). The van der Waals surface area contributed by atoms with E-state index in [9.17, 15) is 18.3 Å². The van der Waals surface area contributed by atoms with Crippen molar-refractivity contribution in [1.82, 2.24) is 0 Å². The molecule has 0 amide bonds. The van der Waals surface area contributed by atoms with Crippen LogP contribution in [0, 0.1) is 24.4 Å². The molecule has 2 aromatic rings. The lowest BCUT2D eigenvalue weighted by molar-refractivity contribution is 0.176. The summed E-state index contributed by atoms with van der Waals surface area (Å²) in [5.41, 5.74) is 1.03. The van der Waals surface area contributed by atoms with Crippen LogP contribution in [0.1, 0.15) is 22.8 Å². The first-order valence-corrected chi connectivity index (χ1v) is 5.85. The SMILES string of the molecule is Cc1ccc(C(O)Cc2ccc(F)cc2F)cc1F. The van der Waals surface area contributed by atoms with Crippen molar-refractivity contribution < 1.29 is 18.3 Å². The van der Waals surface area contributed by atoms with Crippen molar-refractivity contribution in [3.8, 4) is 0 Å². The van der Waals surface area contributed by atoms with Crippen molar-refractivity contribution in [3.05, 3.63) is 70.5 Å². The van der Waals surface area contributed by atoms with E-state index in [0.29, 0.717) is 11.1 Å². The highest BCUT2D eigenvalue weighted by Gasteiger charge is 2.13. The van der Waals surface area contributed by atoms with Gasteiger partial charge in [0.25, 0.3) is 0 Å². The van der Waals surface area contributed by atoms with Crippen LogP contribution in [-0.2, 0) is 6.42 Å². The zero-order chi connectivity index (χ0) is 14.0. The van der Waals surface area contributed by atoms with Crippen molar-refractivity contribution >= 4 is 0 Å². The number of benzene rings is 2. The maximum Gasteiger partial charge on any atom is 0.129 e. The maximum absolute atomic E-state index is 13.4. The summed E-state index contributed by atoms with van der Waals surface area (Å²) in [6.45, 7) is 1.62. The molecular formula is C15H13F3O. The molecule has 0 aliphatic carbocycles. The molecule has 4 heteroatoms. The van der Waals surface area contributed by atoms with E-state index in [1.54, 1.807) is 19.1 Å². The molecule has 0 bridgehead atoms. The van der Waals surface area contributed by atoms with E-state index in [1.165, 1.54) is 12.1 Å². The van der Waals surface area contributed by atoms with Gasteiger partial charge in [0.2, 0.25) is 0 Å². The number of hydrogen-bond acceptors (Lipinski definition) is 1. The Hall–Kier alpha value is -1.81. The van der Waals surface area contributed by atoms with E-state index in [0.717, 1.165) is 12.1 Å². The second-order valence-corrected chi connectivity index (χ2v) is 4.46. The van der Waals surface area contributed by atoms with Gasteiger partial charge in [0.05, 0.1) is 6.10 Å². The number of aliphatic hydroxyl groups excluding tert-OH is 1. The van der Waals surface area contributed by atoms with Crippen LogP contribution < -0.4 is 0 Å². The molecule has 19 heavy (non-hydrogen) atoms. The van der Waals surface area contributed by atoms with Crippen LogP contribution in [0.25, 0.3) is 0 Å². The fraction of sp³-hybridized carbons (Fsp3) is 0.200. The number of aryl methyl sites for hydroxylation is 1. The molecule has 1 N–H and O–H groups in total. The van der Waals surface area contributed by atoms with E-state index in [-0.39, 0.29) is 12.0 Å². The van der Waals surface area contributed by atoms with Crippen molar-refractivity contribution in [3.63, 3.8) is 0 Å². The third-order valence-electron chi connectivity index (χ3n) is 3.01. The van der Waals surface area contributed by atoms with E-state index < -0.39 is 23.6 Å². The summed E-state index contributed by atoms with van der Waals surface area (Å²) >= 11 is 0. The summed E-state index contributed by atoms with van der Waals surface area (Å²) in [5, 5.41) is 9.96. The minimum Gasteiger partial charge on any atom is -0.388 e. The van der Waals surface area contributed by atoms with Gasteiger partial charge in [-0.05, 0) is 35.7 Å². The molecule has 0 aliphatic rings. The van der Waals surface area contributed by atoms with Crippen LogP contribution in [-0.4, -0.2) is 5.11 Å². The summed E-state index contributed by atoms with van der Waals surface area (Å²) in [7, 11) is 0. The van der Waals surface area contributed by atoms with Crippen LogP contribution >= 0.6 is 0 Å². The zero-order valence-electron chi connectivity index (χ0n) is 10.3. The molecule has 1 unspecified atom stereocenters. The van der Waals surface area contributed by atoms with Gasteiger partial charge in [-0.3, -0.25) is 0 Å². The first-order valence-electron chi connectivity index (χ1n) is 5.85. The Morgan fingerprint density at radius 1 is 1.00 bits per heavy atom. The van der Waals surface area contributed by atoms with E-state index >= 15 is 0 Å². The number of hydrogen-bond donors (Lipinski definition) is 1. The van der Waals surface area contributed by atoms with E-state index in [4.69, 9.17) is 0 Å². The molecule has 0 heterocycles. The summed E-state index contributed by atoms with van der Waals surface area (Å²) in [6.07, 6.45) is -1.07. The highest BCUT2D eigenvalue weighted by molar-refractivity contribution is 5.27. The van der Waals surface area contributed by atoms with E-state index in [2.05, 4.69) is 0 Å². The Morgan fingerprint density at radius 2 is 1.74 bits per heavy atom. The smallest absolute Gasteiger partial charge is 0.129 e. The first-order chi connectivity index (χ1) is 8.97. The third kappa shape index (κ3) is 3.15. The summed E-state index contributed by atoms with van der Waals surface area (Å²) in [5.74, 6) is -1.81. The maximum atomic E-state index is 13.4. The third-order valence-corrected chi connectivity index (χ3v) is 3.01. The molecule has 0 saturated carbocycles. The molecule has 1 atom stereocenters. The molecule has 2 aromatic carbocycles. The van der Waals surface area contributed by atoms with Gasteiger partial charge < -0.3 is 5.11 Å². The topological polar surface area (TPSA) is 20.2 Å². The van der Waals surface area contributed by atoms with Gasteiger partial charge >= 0.3 is 0 Å². The lowest BCUT2D eigenvalue weighted by atomic mass is 10.00. The van der Waals surface area contributed by atoms with Gasteiger partial charge in [-0.1, -0.05) is 18.2 Å². The summed E-state index contributed by atoms with van der Waals surface area (Å²) < 4.78 is 39.6. The van der Waals surface area contributed by atoms with Crippen LogP contribution in [0.2, 0.25) is 0 Å². The fourth-order valence-electron chi connectivity index (χ4n) is 1.83. The van der Waals surface area contributed by atoms with Gasteiger partial charge in [-0.2, -0.15) is 0 Å². The minimum atomic E-state index is -1.03. The highest BCUT2D eigenvalue weighted by atomic mass is 19.1. The van der Waals surface area contributed by atoms with Crippen molar-refractivity contribution in [2.75, 3.05) is 0 Å². The second-order valence-electron chi connectivity index (χ2n) is 4.46. The minimum absolute atomic E-state index is 0.0331. The molecule has 0 fully saturated rings. The molecule has 100 valence electrons. The Morgan fingerprint density at radius 3 is 2.37 bits per heavy atom. The predicted octanol–water partition coefficient (Wildman–Crippen LogP) is 3.69. The lowest BCUT2D eigenvalue weighted by Crippen LogP contribution is -2.04. The van der Waals surface area contributed by atoms with E-state index in [1.807, 2.05) is 0 Å². The van der Waals surface area contributed by atoms with Gasteiger partial charge in [-0.25, -0.2) is 13.2 Å². The first kappa shape index (κ1) is 13.6. The van der Waals surface area contributed by atoms with Crippen LogP contribution in [0.4, 0.5) is 13.2 Å². The average Bonchev–Trinajstić information content (AvgIpc) is 2.36. The molecule has 0 aromatic heterocycles. The molecular weight excluding hydrogens is 253 g/mol. The molecule has 0 aliphatic heterocycles. The zero-order valence-corrected chi connectivity index (χ0v) is 10.3. The van der Waals surface area contributed by atoms with Crippen LogP contribution in [0.3, 0.4) is 0 Å². The predicted molar refractivity (Wildman–Crippen MR) is 66.2 cm³/mol. The Balaban J connectivity index is 2.20. The standard InChI is InChI=1S/C15H13F3O/c1-9-2-3-11(6-13(9)17)15(19)7-10-4-5-12(16)8-14(10)18/h2-6,8,15,19H,7H2,1H3. The van der Waals surface area contributed by atoms with Crippen LogP contribution in [0.15, 0.2) is 36.4 Å². The summed E-state index contributed by atoms with van der Waals surface area (Å²) in [4.78, 5) is 0. The molecule has 1 nitrogen and oxygen atoms in total. The van der Waals surface area contributed by atoms with Gasteiger partial charge in [-0.15, -0.1) is 0 Å². The Bertz CT molecular complexity index is 596. The average molecular weight is 266 g/mol. The normalized spacial score (nSPS) is 12.5. The number of halogens is 3. The Labute approximate surface area is 109 Å². The molecule has 0 saturated heterocycles. The number of aliphatic hydroxyl groups is 1. The molecule has 0 spiro atoms. The van der Waals surface area contributed by atoms with Gasteiger partial charge in [0.15, 0.2) is 0 Å². The summed E-state index contributed by atoms with van der Waals surface area (Å²) in [6, 6.07) is 7.53. The van der Waals surface area contributed by atoms with Gasteiger partial charge in [0, 0.05) is 12.5 Å².